The van der Waals surface area contributed by atoms with Crippen LogP contribution in [0.5, 0.6) is 0 Å². The minimum absolute atomic E-state index is 0.0366. The van der Waals surface area contributed by atoms with E-state index in [0.29, 0.717) is 18.7 Å². The van der Waals surface area contributed by atoms with E-state index in [1.165, 1.54) is 12.1 Å². The highest BCUT2D eigenvalue weighted by Gasteiger charge is 2.18. The van der Waals surface area contributed by atoms with Crippen LogP contribution in [0.15, 0.2) is 24.3 Å². The maximum Gasteiger partial charge on any atom is 0.358 e. The van der Waals surface area contributed by atoms with Gasteiger partial charge in [-0.3, -0.25) is 0 Å². The quantitative estimate of drug-likeness (QED) is 0.881. The molecular weight excluding hydrogens is 261 g/mol. The predicted octanol–water partition coefficient (Wildman–Crippen LogP) is 2.51. The van der Waals surface area contributed by atoms with E-state index in [-0.39, 0.29) is 11.5 Å². The van der Waals surface area contributed by atoms with E-state index in [1.54, 1.807) is 16.8 Å². The van der Waals surface area contributed by atoms with Gasteiger partial charge in [0.1, 0.15) is 5.82 Å². The SMILES string of the molecule is CCCCn1nnc(C(=O)O)c1Cc1ccc(F)cc1. The summed E-state index contributed by atoms with van der Waals surface area (Å²) in [5.41, 5.74) is 1.34. The van der Waals surface area contributed by atoms with Crippen LogP contribution in [-0.2, 0) is 13.0 Å². The van der Waals surface area contributed by atoms with Crippen molar-refractivity contribution in [2.45, 2.75) is 32.7 Å². The minimum Gasteiger partial charge on any atom is -0.476 e. The molecule has 106 valence electrons. The normalized spacial score (nSPS) is 10.7. The number of rotatable bonds is 6. The zero-order valence-corrected chi connectivity index (χ0v) is 11.2. The number of hydrogen-bond acceptors (Lipinski definition) is 3. The monoisotopic (exact) mass is 277 g/mol. The third-order valence-corrected chi connectivity index (χ3v) is 3.05. The lowest BCUT2D eigenvalue weighted by atomic mass is 10.1. The van der Waals surface area contributed by atoms with Crippen molar-refractivity contribution in [1.29, 1.82) is 0 Å². The number of carbonyl (C=O) groups is 1. The van der Waals surface area contributed by atoms with Gasteiger partial charge in [-0.05, 0) is 24.1 Å². The van der Waals surface area contributed by atoms with Gasteiger partial charge >= 0.3 is 5.97 Å². The van der Waals surface area contributed by atoms with Crippen LogP contribution in [0.1, 0.15) is 41.5 Å². The molecule has 0 aliphatic heterocycles. The van der Waals surface area contributed by atoms with Crippen molar-refractivity contribution in [3.63, 3.8) is 0 Å². The molecule has 0 spiro atoms. The number of hydrogen-bond donors (Lipinski definition) is 1. The van der Waals surface area contributed by atoms with Gasteiger partial charge in [0.2, 0.25) is 0 Å². The maximum absolute atomic E-state index is 12.9. The summed E-state index contributed by atoms with van der Waals surface area (Å²) in [5.74, 6) is -1.41. The van der Waals surface area contributed by atoms with Gasteiger partial charge in [0.25, 0.3) is 0 Å². The summed E-state index contributed by atoms with van der Waals surface area (Å²) < 4.78 is 14.5. The molecule has 0 unspecified atom stereocenters. The standard InChI is InChI=1S/C14H16FN3O2/c1-2-3-8-18-12(13(14(19)20)16-17-18)9-10-4-6-11(15)7-5-10/h4-7H,2-3,8-9H2,1H3,(H,19,20). The van der Waals surface area contributed by atoms with Gasteiger partial charge < -0.3 is 5.11 Å². The van der Waals surface area contributed by atoms with Crippen LogP contribution in [0.25, 0.3) is 0 Å². The lowest BCUT2D eigenvalue weighted by Gasteiger charge is -2.06. The fourth-order valence-electron chi connectivity index (χ4n) is 1.96. The summed E-state index contributed by atoms with van der Waals surface area (Å²) in [6, 6.07) is 5.99. The number of nitrogens with zero attached hydrogens (tertiary/aromatic N) is 3. The largest absolute Gasteiger partial charge is 0.476 e. The van der Waals surface area contributed by atoms with Gasteiger partial charge in [-0.2, -0.15) is 0 Å². The van der Waals surface area contributed by atoms with Crippen LogP contribution in [0.3, 0.4) is 0 Å². The Bertz CT molecular complexity index is 593. The lowest BCUT2D eigenvalue weighted by molar-refractivity contribution is 0.0689. The number of benzene rings is 1. The highest BCUT2D eigenvalue weighted by molar-refractivity contribution is 5.86. The molecule has 0 aliphatic carbocycles. The summed E-state index contributed by atoms with van der Waals surface area (Å²) >= 11 is 0. The highest BCUT2D eigenvalue weighted by Crippen LogP contribution is 2.14. The van der Waals surface area contributed by atoms with Gasteiger partial charge in [0.05, 0.1) is 5.69 Å². The van der Waals surface area contributed by atoms with Gasteiger partial charge in [-0.25, -0.2) is 13.9 Å². The number of aromatic carboxylic acids is 1. The van der Waals surface area contributed by atoms with Crippen LogP contribution >= 0.6 is 0 Å². The minimum atomic E-state index is -1.09. The Morgan fingerprint density at radius 3 is 2.65 bits per heavy atom. The topological polar surface area (TPSA) is 68.0 Å². The van der Waals surface area contributed by atoms with Gasteiger partial charge in [-0.1, -0.05) is 30.7 Å². The second kappa shape index (κ2) is 6.27. The molecule has 1 N–H and O–H groups in total. The summed E-state index contributed by atoms with van der Waals surface area (Å²) in [4.78, 5) is 11.2. The maximum atomic E-state index is 12.9. The van der Waals surface area contributed by atoms with Crippen LogP contribution < -0.4 is 0 Å². The molecule has 6 heteroatoms. The van der Waals surface area contributed by atoms with E-state index in [2.05, 4.69) is 17.2 Å². The summed E-state index contributed by atoms with van der Waals surface area (Å²) in [5, 5.41) is 16.8. The summed E-state index contributed by atoms with van der Waals surface area (Å²) in [6.07, 6.45) is 2.26. The first-order valence-corrected chi connectivity index (χ1v) is 6.52. The highest BCUT2D eigenvalue weighted by atomic mass is 19.1. The zero-order valence-electron chi connectivity index (χ0n) is 11.2. The molecule has 0 fully saturated rings. The molecule has 0 atom stereocenters. The average Bonchev–Trinajstić information content (AvgIpc) is 2.82. The Labute approximate surface area is 116 Å². The van der Waals surface area contributed by atoms with Gasteiger partial charge in [0, 0.05) is 13.0 Å². The second-order valence-corrected chi connectivity index (χ2v) is 4.57. The third-order valence-electron chi connectivity index (χ3n) is 3.05. The van der Waals surface area contributed by atoms with Crippen molar-refractivity contribution in [3.8, 4) is 0 Å². The second-order valence-electron chi connectivity index (χ2n) is 4.57. The van der Waals surface area contributed by atoms with E-state index in [4.69, 9.17) is 5.11 Å². The summed E-state index contributed by atoms with van der Waals surface area (Å²) in [6.45, 7) is 2.68. The molecule has 2 aromatic rings. The molecule has 20 heavy (non-hydrogen) atoms. The molecule has 2 rings (SSSR count). The molecule has 0 radical (unpaired) electrons. The number of unbranched alkanes of at least 4 members (excludes halogenated alkanes) is 1. The molecule has 0 saturated carbocycles. The molecule has 0 saturated heterocycles. The lowest BCUT2D eigenvalue weighted by Crippen LogP contribution is -2.09. The number of halogens is 1. The van der Waals surface area contributed by atoms with Crippen molar-refractivity contribution in [3.05, 3.63) is 47.0 Å². The molecule has 0 aliphatic rings. The molecule has 0 bridgehead atoms. The van der Waals surface area contributed by atoms with E-state index in [0.717, 1.165) is 18.4 Å². The van der Waals surface area contributed by atoms with Crippen molar-refractivity contribution >= 4 is 5.97 Å². The van der Waals surface area contributed by atoms with Gasteiger partial charge in [0.15, 0.2) is 5.69 Å². The predicted molar refractivity (Wildman–Crippen MR) is 71.1 cm³/mol. The number of aryl methyl sites for hydroxylation is 1. The Morgan fingerprint density at radius 2 is 2.05 bits per heavy atom. The first kappa shape index (κ1) is 14.2. The zero-order chi connectivity index (χ0) is 14.5. The molecular formula is C14H16FN3O2. The molecule has 5 nitrogen and oxygen atoms in total. The Hall–Kier alpha value is -2.24. The first-order valence-electron chi connectivity index (χ1n) is 6.52. The molecule has 0 amide bonds. The smallest absolute Gasteiger partial charge is 0.358 e. The molecule has 1 aromatic heterocycles. The van der Waals surface area contributed by atoms with Crippen molar-refractivity contribution < 1.29 is 14.3 Å². The van der Waals surface area contributed by atoms with E-state index in [1.807, 2.05) is 0 Å². The van der Waals surface area contributed by atoms with Gasteiger partial charge in [-0.15, -0.1) is 5.10 Å². The number of carboxylic acids is 1. The first-order chi connectivity index (χ1) is 9.61. The van der Waals surface area contributed by atoms with Crippen molar-refractivity contribution in [2.24, 2.45) is 0 Å². The van der Waals surface area contributed by atoms with E-state index >= 15 is 0 Å². The Balaban J connectivity index is 2.29. The van der Waals surface area contributed by atoms with Crippen LogP contribution in [-0.4, -0.2) is 26.1 Å². The van der Waals surface area contributed by atoms with Crippen molar-refractivity contribution in [2.75, 3.05) is 0 Å². The fourth-order valence-corrected chi connectivity index (χ4v) is 1.96. The van der Waals surface area contributed by atoms with E-state index in [9.17, 15) is 9.18 Å². The summed E-state index contributed by atoms with van der Waals surface area (Å²) in [7, 11) is 0. The van der Waals surface area contributed by atoms with Crippen LogP contribution in [0, 0.1) is 5.82 Å². The molecule has 1 aromatic carbocycles. The number of carboxylic acid groups (broad SMARTS) is 1. The third kappa shape index (κ3) is 3.20. The average molecular weight is 277 g/mol. The van der Waals surface area contributed by atoms with Crippen LogP contribution in [0.2, 0.25) is 0 Å². The number of aromatic nitrogens is 3. The Kier molecular flexibility index (Phi) is 4.45. The molecule has 1 heterocycles. The fraction of sp³-hybridized carbons (Fsp3) is 0.357. The van der Waals surface area contributed by atoms with Crippen LogP contribution in [0.4, 0.5) is 4.39 Å². The Morgan fingerprint density at radius 1 is 1.35 bits per heavy atom. The van der Waals surface area contributed by atoms with E-state index < -0.39 is 5.97 Å². The van der Waals surface area contributed by atoms with Crippen molar-refractivity contribution in [1.82, 2.24) is 15.0 Å².